The summed E-state index contributed by atoms with van der Waals surface area (Å²) in [4.78, 5) is 3.33. The molecule has 0 heterocycles. The van der Waals surface area contributed by atoms with Crippen molar-refractivity contribution in [1.82, 2.24) is 4.90 Å². The average molecular weight is 270 g/mol. The maximum absolute atomic E-state index is 13.7. The molecule has 1 atom stereocenters. The smallest absolute Gasteiger partial charge is 0.129 e. The second-order valence-electron chi connectivity index (χ2n) is 4.32. The zero-order chi connectivity index (χ0) is 13.5. The van der Waals surface area contributed by atoms with Crippen LogP contribution in [0.1, 0.15) is 32.4 Å². The molecule has 1 aromatic carbocycles. The van der Waals surface area contributed by atoms with E-state index in [0.717, 1.165) is 30.3 Å². The van der Waals surface area contributed by atoms with Crippen molar-refractivity contribution in [2.45, 2.75) is 31.7 Å². The minimum Gasteiger partial charge on any atom is -0.324 e. The summed E-state index contributed by atoms with van der Waals surface area (Å²) in [6.07, 6.45) is 0. The Kier molecular flexibility index (Phi) is 6.68. The summed E-state index contributed by atoms with van der Waals surface area (Å²) in [6, 6.07) is 4.92. The largest absolute Gasteiger partial charge is 0.324 e. The lowest BCUT2D eigenvalue weighted by Gasteiger charge is -2.18. The zero-order valence-corrected chi connectivity index (χ0v) is 12.3. The van der Waals surface area contributed by atoms with Crippen molar-refractivity contribution in [3.8, 4) is 0 Å². The average Bonchev–Trinajstić information content (AvgIpc) is 2.34. The normalized spacial score (nSPS) is 13.0. The van der Waals surface area contributed by atoms with Crippen LogP contribution in [-0.2, 0) is 0 Å². The molecule has 0 spiro atoms. The van der Waals surface area contributed by atoms with Gasteiger partial charge in [-0.3, -0.25) is 0 Å². The molecule has 4 heteroatoms. The molecule has 0 radical (unpaired) electrons. The quantitative estimate of drug-likeness (QED) is 0.771. The molecule has 0 bridgehead atoms. The van der Waals surface area contributed by atoms with Crippen LogP contribution in [0, 0.1) is 5.82 Å². The van der Waals surface area contributed by atoms with Gasteiger partial charge in [-0.05, 0) is 32.1 Å². The van der Waals surface area contributed by atoms with Crippen molar-refractivity contribution in [1.29, 1.82) is 0 Å². The van der Waals surface area contributed by atoms with Gasteiger partial charge in [0.25, 0.3) is 0 Å². The molecule has 0 aromatic heterocycles. The van der Waals surface area contributed by atoms with E-state index in [9.17, 15) is 4.39 Å². The third-order valence-electron chi connectivity index (χ3n) is 3.03. The molecule has 2 N–H and O–H groups in total. The molecule has 0 saturated carbocycles. The highest BCUT2D eigenvalue weighted by Crippen LogP contribution is 2.28. The molecule has 0 aliphatic carbocycles. The van der Waals surface area contributed by atoms with E-state index in [0.29, 0.717) is 5.56 Å². The first-order valence-corrected chi connectivity index (χ1v) is 7.47. The van der Waals surface area contributed by atoms with Gasteiger partial charge in [0.15, 0.2) is 0 Å². The Morgan fingerprint density at radius 2 is 2.00 bits per heavy atom. The molecule has 0 aliphatic rings. The maximum atomic E-state index is 13.7. The van der Waals surface area contributed by atoms with Crippen LogP contribution in [0.2, 0.25) is 0 Å². The van der Waals surface area contributed by atoms with Crippen molar-refractivity contribution >= 4 is 11.8 Å². The topological polar surface area (TPSA) is 29.3 Å². The molecule has 1 rings (SSSR count). The zero-order valence-electron chi connectivity index (χ0n) is 11.4. The van der Waals surface area contributed by atoms with Gasteiger partial charge in [0.05, 0.1) is 0 Å². The Morgan fingerprint density at radius 1 is 1.33 bits per heavy atom. The van der Waals surface area contributed by atoms with E-state index in [4.69, 9.17) is 5.73 Å². The van der Waals surface area contributed by atoms with E-state index < -0.39 is 0 Å². The molecule has 0 fully saturated rings. The van der Waals surface area contributed by atoms with Crippen molar-refractivity contribution in [2.75, 3.05) is 25.4 Å². The van der Waals surface area contributed by atoms with Gasteiger partial charge >= 0.3 is 0 Å². The van der Waals surface area contributed by atoms with E-state index in [2.05, 4.69) is 18.7 Å². The molecule has 102 valence electrons. The fourth-order valence-corrected chi connectivity index (χ4v) is 3.09. The van der Waals surface area contributed by atoms with Crippen LogP contribution < -0.4 is 5.73 Å². The van der Waals surface area contributed by atoms with Crippen LogP contribution in [0.4, 0.5) is 4.39 Å². The molecule has 0 saturated heterocycles. The van der Waals surface area contributed by atoms with E-state index >= 15 is 0 Å². The third kappa shape index (κ3) is 4.26. The molecule has 0 aliphatic heterocycles. The van der Waals surface area contributed by atoms with Gasteiger partial charge in [-0.2, -0.15) is 0 Å². The summed E-state index contributed by atoms with van der Waals surface area (Å²) < 4.78 is 13.7. The molecule has 0 unspecified atom stereocenters. The molecule has 2 nitrogen and oxygen atoms in total. The van der Waals surface area contributed by atoms with Crippen LogP contribution in [0.15, 0.2) is 23.1 Å². The minimum absolute atomic E-state index is 0.196. The first-order chi connectivity index (χ1) is 8.60. The Labute approximate surface area is 114 Å². The highest BCUT2D eigenvalue weighted by molar-refractivity contribution is 7.99. The molecule has 0 amide bonds. The van der Waals surface area contributed by atoms with Gasteiger partial charge in [-0.1, -0.05) is 19.9 Å². The van der Waals surface area contributed by atoms with Crippen LogP contribution >= 0.6 is 11.8 Å². The fraction of sp³-hybridized carbons (Fsp3) is 0.571. The maximum Gasteiger partial charge on any atom is 0.129 e. The Bertz CT molecular complexity index is 365. The molecule has 18 heavy (non-hydrogen) atoms. The van der Waals surface area contributed by atoms with E-state index in [1.807, 2.05) is 13.0 Å². The summed E-state index contributed by atoms with van der Waals surface area (Å²) in [6.45, 7) is 9.27. The van der Waals surface area contributed by atoms with Gasteiger partial charge < -0.3 is 10.6 Å². The summed E-state index contributed by atoms with van der Waals surface area (Å²) in [5, 5.41) is 0. The fourth-order valence-electron chi connectivity index (χ4n) is 1.91. The SMILES string of the molecule is CCN(CC)CCSc1cccc(F)c1[C@H](C)N. The lowest BCUT2D eigenvalue weighted by molar-refractivity contribution is 0.324. The van der Waals surface area contributed by atoms with Gasteiger partial charge in [0.1, 0.15) is 5.82 Å². The molecular weight excluding hydrogens is 247 g/mol. The highest BCUT2D eigenvalue weighted by Gasteiger charge is 2.12. The lowest BCUT2D eigenvalue weighted by Crippen LogP contribution is -2.25. The predicted molar refractivity (Wildman–Crippen MR) is 77.5 cm³/mol. The summed E-state index contributed by atoms with van der Waals surface area (Å²) >= 11 is 1.69. The van der Waals surface area contributed by atoms with Crippen molar-refractivity contribution < 1.29 is 4.39 Å². The first-order valence-electron chi connectivity index (χ1n) is 6.49. The van der Waals surface area contributed by atoms with Crippen molar-refractivity contribution in [3.05, 3.63) is 29.6 Å². The van der Waals surface area contributed by atoms with Crippen LogP contribution in [0.25, 0.3) is 0 Å². The number of rotatable bonds is 7. The van der Waals surface area contributed by atoms with Gasteiger partial charge in [-0.25, -0.2) is 4.39 Å². The monoisotopic (exact) mass is 270 g/mol. The summed E-state index contributed by atoms with van der Waals surface area (Å²) in [5.41, 5.74) is 6.48. The van der Waals surface area contributed by atoms with Crippen LogP contribution in [-0.4, -0.2) is 30.3 Å². The third-order valence-corrected chi connectivity index (χ3v) is 4.08. The minimum atomic E-state index is -0.262. The Balaban J connectivity index is 2.64. The van der Waals surface area contributed by atoms with Gasteiger partial charge in [0.2, 0.25) is 0 Å². The van der Waals surface area contributed by atoms with Crippen molar-refractivity contribution in [2.24, 2.45) is 5.73 Å². The van der Waals surface area contributed by atoms with Gasteiger partial charge in [0, 0.05) is 28.8 Å². The Morgan fingerprint density at radius 3 is 2.56 bits per heavy atom. The second kappa shape index (κ2) is 7.77. The first kappa shape index (κ1) is 15.5. The van der Waals surface area contributed by atoms with Crippen molar-refractivity contribution in [3.63, 3.8) is 0 Å². The summed E-state index contributed by atoms with van der Waals surface area (Å²) in [5.74, 6) is 0.767. The summed E-state index contributed by atoms with van der Waals surface area (Å²) in [7, 11) is 0. The van der Waals surface area contributed by atoms with Crippen LogP contribution in [0.5, 0.6) is 0 Å². The molecular formula is C14H23FN2S. The number of thioether (sulfide) groups is 1. The van der Waals surface area contributed by atoms with E-state index in [-0.39, 0.29) is 11.9 Å². The van der Waals surface area contributed by atoms with E-state index in [1.54, 1.807) is 17.8 Å². The van der Waals surface area contributed by atoms with E-state index in [1.165, 1.54) is 6.07 Å². The predicted octanol–water partition coefficient (Wildman–Crippen LogP) is 3.28. The standard InChI is InChI=1S/C14H23FN2S/c1-4-17(5-2)9-10-18-13-8-6-7-12(15)14(13)11(3)16/h6-8,11H,4-5,9-10,16H2,1-3H3/t11-/m0/s1. The molecule has 1 aromatic rings. The number of benzene rings is 1. The number of nitrogens with two attached hydrogens (primary N) is 1. The van der Waals surface area contributed by atoms with Crippen LogP contribution in [0.3, 0.4) is 0 Å². The lowest BCUT2D eigenvalue weighted by atomic mass is 10.1. The number of hydrogen-bond donors (Lipinski definition) is 1. The number of halogens is 1. The highest BCUT2D eigenvalue weighted by atomic mass is 32.2. The number of nitrogens with zero attached hydrogens (tertiary/aromatic N) is 1. The van der Waals surface area contributed by atoms with Gasteiger partial charge in [-0.15, -0.1) is 11.8 Å². The second-order valence-corrected chi connectivity index (χ2v) is 5.45. The Hall–Kier alpha value is -0.580. The number of hydrogen-bond acceptors (Lipinski definition) is 3.